The van der Waals surface area contributed by atoms with Crippen LogP contribution in [0, 0.1) is 0 Å². The first-order valence-electron chi connectivity index (χ1n) is 25.2. The summed E-state index contributed by atoms with van der Waals surface area (Å²) >= 11 is 0. The average Bonchev–Trinajstić information content (AvgIpc) is 3.26. The molecule has 0 saturated carbocycles. The van der Waals surface area contributed by atoms with E-state index in [0.717, 1.165) is 57.8 Å². The van der Waals surface area contributed by atoms with E-state index in [1.165, 1.54) is 122 Å². The molecule has 1 saturated heterocycles. The predicted molar refractivity (Wildman–Crippen MR) is 247 cm³/mol. The summed E-state index contributed by atoms with van der Waals surface area (Å²) in [5.41, 5.74) is 0. The van der Waals surface area contributed by atoms with Gasteiger partial charge >= 0.3 is 0 Å². The van der Waals surface area contributed by atoms with Crippen LogP contribution in [0.1, 0.15) is 219 Å². The second-order valence-electron chi connectivity index (χ2n) is 17.9. The van der Waals surface area contributed by atoms with E-state index in [4.69, 9.17) is 9.47 Å². The third-order valence-electron chi connectivity index (χ3n) is 12.2. The molecule has 0 radical (unpaired) electrons. The number of hydrogen-bond donors (Lipinski definition) is 8. The number of hydrogen-bond acceptors (Lipinski definition) is 10. The summed E-state index contributed by atoms with van der Waals surface area (Å²) in [6.45, 7) is 3.43. The number of ether oxygens (including phenoxy) is 2. The molecule has 1 heterocycles. The number of carbonyl (C=O) groups is 1. The molecule has 1 rings (SSSR count). The van der Waals surface area contributed by atoms with Gasteiger partial charge in [-0.2, -0.15) is 0 Å². The van der Waals surface area contributed by atoms with E-state index in [9.17, 15) is 40.5 Å². The van der Waals surface area contributed by atoms with E-state index in [-0.39, 0.29) is 12.8 Å². The van der Waals surface area contributed by atoms with Crippen molar-refractivity contribution in [2.75, 3.05) is 13.2 Å². The SMILES string of the molecule is CCCCCCCCCCC/C=C/CCCC(O)C(O)C(COC1OC(CO)C(O)C(O)C1O)NC(=O)C(O)CCCCCCCC/C=C\CCCCCCCCCCCC. The van der Waals surface area contributed by atoms with Crippen LogP contribution in [0.5, 0.6) is 0 Å². The Morgan fingerprint density at radius 2 is 0.967 bits per heavy atom. The van der Waals surface area contributed by atoms with Gasteiger partial charge in [-0.1, -0.05) is 179 Å². The fraction of sp³-hybridized carbons (Fsp3) is 0.900. The Morgan fingerprint density at radius 3 is 1.41 bits per heavy atom. The second-order valence-corrected chi connectivity index (χ2v) is 17.9. The van der Waals surface area contributed by atoms with Crippen molar-refractivity contribution in [2.24, 2.45) is 0 Å². The van der Waals surface area contributed by atoms with Crippen LogP contribution in [0.3, 0.4) is 0 Å². The predicted octanol–water partition coefficient (Wildman–Crippen LogP) is 9.01. The highest BCUT2D eigenvalue weighted by Crippen LogP contribution is 2.23. The zero-order valence-electron chi connectivity index (χ0n) is 38.9. The first-order valence-corrected chi connectivity index (χ1v) is 25.2. The molecule has 0 bridgehead atoms. The molecule has 360 valence electrons. The van der Waals surface area contributed by atoms with Crippen molar-refractivity contribution >= 4 is 5.91 Å². The first-order chi connectivity index (χ1) is 29.7. The number of unbranched alkanes of at least 4 members (excludes halogenated alkanes) is 26. The molecule has 9 unspecified atom stereocenters. The fourth-order valence-corrected chi connectivity index (χ4v) is 8.02. The van der Waals surface area contributed by atoms with Gasteiger partial charge in [0.1, 0.15) is 36.6 Å². The quantitative estimate of drug-likeness (QED) is 0.0217. The van der Waals surface area contributed by atoms with Crippen LogP contribution in [0.15, 0.2) is 24.3 Å². The monoisotopic (exact) mass is 870 g/mol. The topological polar surface area (TPSA) is 189 Å². The van der Waals surface area contributed by atoms with Crippen molar-refractivity contribution in [3.63, 3.8) is 0 Å². The highest BCUT2D eigenvalue weighted by Gasteiger charge is 2.44. The summed E-state index contributed by atoms with van der Waals surface area (Å²) in [5, 5.41) is 75.7. The lowest BCUT2D eigenvalue weighted by atomic mass is 9.98. The van der Waals surface area contributed by atoms with Gasteiger partial charge in [-0.25, -0.2) is 0 Å². The van der Waals surface area contributed by atoms with Gasteiger partial charge in [0.15, 0.2) is 6.29 Å². The molecule has 0 spiro atoms. The van der Waals surface area contributed by atoms with Crippen LogP contribution in [-0.4, -0.2) is 110 Å². The maximum Gasteiger partial charge on any atom is 0.249 e. The van der Waals surface area contributed by atoms with Crippen LogP contribution in [-0.2, 0) is 14.3 Å². The number of aliphatic hydroxyl groups is 7. The van der Waals surface area contributed by atoms with Gasteiger partial charge in [0.2, 0.25) is 5.91 Å². The number of aliphatic hydroxyl groups excluding tert-OH is 7. The molecule has 1 fully saturated rings. The van der Waals surface area contributed by atoms with Crippen LogP contribution >= 0.6 is 0 Å². The van der Waals surface area contributed by atoms with Crippen molar-refractivity contribution in [3.05, 3.63) is 24.3 Å². The zero-order valence-corrected chi connectivity index (χ0v) is 38.9. The molecular formula is C50H95NO10. The molecule has 11 heteroatoms. The standard InChI is InChI=1S/C50H95NO10/c1-3-5-7-9-11-13-15-17-19-20-21-22-23-24-26-28-30-32-34-36-38-43(54)49(59)51-41(40-60-50-48(58)47(57)46(56)44(39-52)61-50)45(55)42(53)37-35-33-31-29-27-25-18-16-14-12-10-8-6-4-2/h22-23,29,31,41-48,50,52-58H,3-21,24-28,30,32-40H2,1-2H3,(H,51,59)/b23-22-,31-29+. The Hall–Kier alpha value is -1.41. The summed E-state index contributed by atoms with van der Waals surface area (Å²) in [4.78, 5) is 13.1. The molecule has 0 aromatic rings. The lowest BCUT2D eigenvalue weighted by Gasteiger charge is -2.40. The number of nitrogens with one attached hydrogen (secondary N) is 1. The molecule has 9 atom stereocenters. The Balaban J connectivity index is 2.41. The summed E-state index contributed by atoms with van der Waals surface area (Å²) in [6, 6.07) is -1.18. The minimum atomic E-state index is -1.67. The maximum atomic E-state index is 13.1. The number of amides is 1. The van der Waals surface area contributed by atoms with E-state index in [1.807, 2.05) is 0 Å². The van der Waals surface area contributed by atoms with Crippen molar-refractivity contribution in [1.82, 2.24) is 5.32 Å². The first kappa shape index (κ1) is 57.6. The van der Waals surface area contributed by atoms with E-state index in [2.05, 4.69) is 43.5 Å². The van der Waals surface area contributed by atoms with Crippen LogP contribution in [0.25, 0.3) is 0 Å². The minimum Gasteiger partial charge on any atom is -0.394 e. The highest BCUT2D eigenvalue weighted by molar-refractivity contribution is 5.80. The average molecular weight is 870 g/mol. The van der Waals surface area contributed by atoms with Gasteiger partial charge in [-0.15, -0.1) is 0 Å². The van der Waals surface area contributed by atoms with Gasteiger partial charge in [-0.3, -0.25) is 4.79 Å². The van der Waals surface area contributed by atoms with Gasteiger partial charge < -0.3 is 50.5 Å². The van der Waals surface area contributed by atoms with Gasteiger partial charge in [0, 0.05) is 0 Å². The van der Waals surface area contributed by atoms with Gasteiger partial charge in [-0.05, 0) is 64.2 Å². The molecule has 1 amide bonds. The van der Waals surface area contributed by atoms with E-state index in [1.54, 1.807) is 0 Å². The lowest BCUT2D eigenvalue weighted by molar-refractivity contribution is -0.303. The Labute approximate surface area is 372 Å². The number of allylic oxidation sites excluding steroid dienone is 4. The third-order valence-corrected chi connectivity index (χ3v) is 12.2. The van der Waals surface area contributed by atoms with E-state index in [0.29, 0.717) is 12.8 Å². The molecule has 1 aliphatic heterocycles. The fourth-order valence-electron chi connectivity index (χ4n) is 8.02. The Morgan fingerprint density at radius 1 is 0.557 bits per heavy atom. The smallest absolute Gasteiger partial charge is 0.249 e. The van der Waals surface area contributed by atoms with E-state index < -0.39 is 74.2 Å². The van der Waals surface area contributed by atoms with Crippen molar-refractivity contribution in [3.8, 4) is 0 Å². The van der Waals surface area contributed by atoms with Crippen LogP contribution in [0.2, 0.25) is 0 Å². The zero-order chi connectivity index (χ0) is 44.8. The number of rotatable bonds is 42. The Kier molecular flexibility index (Phi) is 37.9. The van der Waals surface area contributed by atoms with Gasteiger partial charge in [0.25, 0.3) is 0 Å². The third kappa shape index (κ3) is 29.6. The summed E-state index contributed by atoms with van der Waals surface area (Å²) in [7, 11) is 0. The molecule has 0 aromatic heterocycles. The molecule has 11 nitrogen and oxygen atoms in total. The molecule has 61 heavy (non-hydrogen) atoms. The molecule has 0 aromatic carbocycles. The number of carbonyl (C=O) groups excluding carboxylic acids is 1. The Bertz CT molecular complexity index is 1040. The van der Waals surface area contributed by atoms with Gasteiger partial charge in [0.05, 0.1) is 25.4 Å². The summed E-state index contributed by atoms with van der Waals surface area (Å²) < 4.78 is 11.1. The van der Waals surface area contributed by atoms with Crippen LogP contribution in [0.4, 0.5) is 0 Å². The van der Waals surface area contributed by atoms with Crippen LogP contribution < -0.4 is 5.32 Å². The highest BCUT2D eigenvalue weighted by atomic mass is 16.7. The minimum absolute atomic E-state index is 0.248. The van der Waals surface area contributed by atoms with Crippen molar-refractivity contribution in [2.45, 2.75) is 274 Å². The van der Waals surface area contributed by atoms with Crippen molar-refractivity contribution < 1.29 is 50.0 Å². The summed E-state index contributed by atoms with van der Waals surface area (Å²) in [5.74, 6) is -0.710. The normalized spacial score (nSPS) is 21.6. The molecule has 1 aliphatic rings. The largest absolute Gasteiger partial charge is 0.394 e. The maximum absolute atomic E-state index is 13.1. The van der Waals surface area contributed by atoms with E-state index >= 15 is 0 Å². The summed E-state index contributed by atoms with van der Waals surface area (Å²) in [6.07, 6.45) is 33.7. The molecular weight excluding hydrogens is 775 g/mol. The molecule has 0 aliphatic carbocycles. The molecule has 8 N–H and O–H groups in total. The lowest BCUT2D eigenvalue weighted by Crippen LogP contribution is -2.60. The van der Waals surface area contributed by atoms with Crippen molar-refractivity contribution in [1.29, 1.82) is 0 Å². The second kappa shape index (κ2) is 40.1.